The first-order chi connectivity index (χ1) is 30.0. The Morgan fingerprint density at radius 1 is 0.344 bits per heavy atom. The SMILES string of the molecule is CC/C=C\C/C=C\C/C=C\CCCC(=O)OCC(COC(=O)CCCCCCCCC/C=C\CCCCCCCCCC)OC(=O)CCCCCCCCCCCCCCC. The zero-order chi connectivity index (χ0) is 44.4. The van der Waals surface area contributed by atoms with Gasteiger partial charge in [-0.1, -0.05) is 223 Å². The lowest BCUT2D eigenvalue weighted by Gasteiger charge is -2.18. The van der Waals surface area contributed by atoms with Crippen LogP contribution in [0.3, 0.4) is 0 Å². The monoisotopic (exact) mass is 855 g/mol. The highest BCUT2D eigenvalue weighted by molar-refractivity contribution is 5.71. The molecule has 0 aromatic heterocycles. The molecule has 0 rings (SSSR count). The normalized spacial score (nSPS) is 12.4. The number of allylic oxidation sites excluding steroid dienone is 8. The molecule has 0 aliphatic rings. The van der Waals surface area contributed by atoms with E-state index in [-0.39, 0.29) is 37.5 Å². The van der Waals surface area contributed by atoms with E-state index < -0.39 is 6.10 Å². The molecule has 0 bridgehead atoms. The summed E-state index contributed by atoms with van der Waals surface area (Å²) in [5.41, 5.74) is 0. The third-order valence-electron chi connectivity index (χ3n) is 11.3. The van der Waals surface area contributed by atoms with Gasteiger partial charge in [0.15, 0.2) is 6.10 Å². The number of carbonyl (C=O) groups is 3. The Bertz CT molecular complexity index is 1070. The van der Waals surface area contributed by atoms with E-state index in [4.69, 9.17) is 14.2 Å². The van der Waals surface area contributed by atoms with Gasteiger partial charge in [0.05, 0.1) is 0 Å². The van der Waals surface area contributed by atoms with Gasteiger partial charge in [0, 0.05) is 19.3 Å². The molecule has 1 unspecified atom stereocenters. The molecule has 0 aliphatic heterocycles. The van der Waals surface area contributed by atoms with E-state index in [0.29, 0.717) is 19.3 Å². The topological polar surface area (TPSA) is 78.9 Å². The first-order valence-corrected chi connectivity index (χ1v) is 26.1. The summed E-state index contributed by atoms with van der Waals surface area (Å²) in [7, 11) is 0. The molecule has 61 heavy (non-hydrogen) atoms. The van der Waals surface area contributed by atoms with Crippen LogP contribution in [0, 0.1) is 0 Å². The molecule has 0 amide bonds. The largest absolute Gasteiger partial charge is 0.462 e. The Morgan fingerprint density at radius 2 is 0.656 bits per heavy atom. The fourth-order valence-corrected chi connectivity index (χ4v) is 7.40. The van der Waals surface area contributed by atoms with Crippen molar-refractivity contribution in [2.24, 2.45) is 0 Å². The van der Waals surface area contributed by atoms with Crippen molar-refractivity contribution in [3.8, 4) is 0 Å². The Hall–Kier alpha value is -2.63. The number of esters is 3. The summed E-state index contributed by atoms with van der Waals surface area (Å²) in [6.07, 6.45) is 59.7. The Kier molecular flexibility index (Phi) is 47.9. The van der Waals surface area contributed by atoms with Crippen molar-refractivity contribution in [2.75, 3.05) is 13.2 Å². The molecule has 0 saturated carbocycles. The van der Waals surface area contributed by atoms with Crippen LogP contribution in [0.25, 0.3) is 0 Å². The summed E-state index contributed by atoms with van der Waals surface area (Å²) in [5.74, 6) is -0.942. The van der Waals surface area contributed by atoms with E-state index in [1.165, 1.54) is 154 Å². The van der Waals surface area contributed by atoms with Crippen LogP contribution in [-0.4, -0.2) is 37.2 Å². The maximum absolute atomic E-state index is 12.8. The Labute approximate surface area is 378 Å². The maximum Gasteiger partial charge on any atom is 0.306 e. The van der Waals surface area contributed by atoms with Crippen LogP contribution in [0.15, 0.2) is 48.6 Å². The molecule has 0 fully saturated rings. The molecule has 1 atom stereocenters. The average molecular weight is 855 g/mol. The van der Waals surface area contributed by atoms with Gasteiger partial charge in [0.1, 0.15) is 13.2 Å². The first kappa shape index (κ1) is 58.4. The minimum absolute atomic E-state index is 0.0888. The summed E-state index contributed by atoms with van der Waals surface area (Å²) >= 11 is 0. The van der Waals surface area contributed by atoms with Crippen molar-refractivity contribution >= 4 is 17.9 Å². The lowest BCUT2D eigenvalue weighted by Crippen LogP contribution is -2.30. The van der Waals surface area contributed by atoms with Gasteiger partial charge in [-0.15, -0.1) is 0 Å². The standard InChI is InChI=1S/C55H98O6/c1-4-7-10-13-16-19-22-24-25-26-27-28-29-31-33-36-39-42-45-48-54(57)60-51-52(50-59-53(56)47-44-41-38-35-32-21-18-15-12-9-6-3)61-55(58)49-46-43-40-37-34-30-23-20-17-14-11-8-5-2/h9,12,18,21,26-27,35,38,52H,4-8,10-11,13-17,19-20,22-25,28-34,36-37,39-51H2,1-3H3/b12-9-,21-18-,27-26-,38-35-. The molecule has 0 aromatic rings. The fraction of sp³-hybridized carbons (Fsp3) is 0.800. The summed E-state index contributed by atoms with van der Waals surface area (Å²) < 4.78 is 16.7. The predicted molar refractivity (Wildman–Crippen MR) is 261 cm³/mol. The minimum Gasteiger partial charge on any atom is -0.462 e. The van der Waals surface area contributed by atoms with Gasteiger partial charge >= 0.3 is 17.9 Å². The molecule has 6 nitrogen and oxygen atoms in total. The number of ether oxygens (including phenoxy) is 3. The van der Waals surface area contributed by atoms with E-state index in [9.17, 15) is 14.4 Å². The number of carbonyl (C=O) groups excluding carboxylic acids is 3. The predicted octanol–water partition coefficient (Wildman–Crippen LogP) is 17.1. The molecule has 0 radical (unpaired) electrons. The van der Waals surface area contributed by atoms with Gasteiger partial charge in [0.2, 0.25) is 0 Å². The highest BCUT2D eigenvalue weighted by Crippen LogP contribution is 2.15. The van der Waals surface area contributed by atoms with Crippen LogP contribution in [0.1, 0.15) is 265 Å². The summed E-state index contributed by atoms with van der Waals surface area (Å²) in [5, 5.41) is 0. The van der Waals surface area contributed by atoms with Crippen molar-refractivity contribution in [3.05, 3.63) is 48.6 Å². The van der Waals surface area contributed by atoms with E-state index >= 15 is 0 Å². The fourth-order valence-electron chi connectivity index (χ4n) is 7.40. The molecule has 354 valence electrons. The second-order valence-corrected chi connectivity index (χ2v) is 17.4. The number of unbranched alkanes of at least 4 members (excludes halogenated alkanes) is 28. The van der Waals surface area contributed by atoms with Crippen molar-refractivity contribution < 1.29 is 28.6 Å². The molecule has 0 aromatic carbocycles. The zero-order valence-electron chi connectivity index (χ0n) is 40.4. The quantitative estimate of drug-likeness (QED) is 0.0263. The van der Waals surface area contributed by atoms with Crippen molar-refractivity contribution in [1.82, 2.24) is 0 Å². The summed E-state index contributed by atoms with van der Waals surface area (Å²) in [6.45, 7) is 6.48. The average Bonchev–Trinajstić information content (AvgIpc) is 3.26. The molecule has 0 heterocycles. The van der Waals surface area contributed by atoms with Crippen molar-refractivity contribution in [2.45, 2.75) is 271 Å². The molecule has 0 saturated heterocycles. The summed E-state index contributed by atoms with van der Waals surface area (Å²) in [4.78, 5) is 37.9. The zero-order valence-corrected chi connectivity index (χ0v) is 40.4. The van der Waals surface area contributed by atoms with Crippen molar-refractivity contribution in [3.63, 3.8) is 0 Å². The second kappa shape index (κ2) is 50.0. The number of rotatable bonds is 47. The third kappa shape index (κ3) is 48.3. The van der Waals surface area contributed by atoms with Gasteiger partial charge in [-0.2, -0.15) is 0 Å². The van der Waals surface area contributed by atoms with E-state index in [1.807, 2.05) is 0 Å². The lowest BCUT2D eigenvalue weighted by atomic mass is 10.0. The Morgan fingerprint density at radius 3 is 1.08 bits per heavy atom. The third-order valence-corrected chi connectivity index (χ3v) is 11.3. The smallest absolute Gasteiger partial charge is 0.306 e. The minimum atomic E-state index is -0.791. The lowest BCUT2D eigenvalue weighted by molar-refractivity contribution is -0.167. The van der Waals surface area contributed by atoms with Crippen LogP contribution < -0.4 is 0 Å². The Balaban J connectivity index is 4.34. The van der Waals surface area contributed by atoms with Gasteiger partial charge < -0.3 is 14.2 Å². The second-order valence-electron chi connectivity index (χ2n) is 17.4. The molecular formula is C55H98O6. The summed E-state index contributed by atoms with van der Waals surface area (Å²) in [6, 6.07) is 0. The van der Waals surface area contributed by atoms with Crippen LogP contribution in [-0.2, 0) is 28.6 Å². The van der Waals surface area contributed by atoms with Gasteiger partial charge in [-0.05, 0) is 70.6 Å². The van der Waals surface area contributed by atoms with Crippen molar-refractivity contribution in [1.29, 1.82) is 0 Å². The van der Waals surface area contributed by atoms with Crippen LogP contribution in [0.2, 0.25) is 0 Å². The molecule has 0 spiro atoms. The van der Waals surface area contributed by atoms with E-state index in [2.05, 4.69) is 69.4 Å². The van der Waals surface area contributed by atoms with Gasteiger partial charge in [0.25, 0.3) is 0 Å². The van der Waals surface area contributed by atoms with Gasteiger partial charge in [-0.25, -0.2) is 0 Å². The van der Waals surface area contributed by atoms with Crippen LogP contribution in [0.4, 0.5) is 0 Å². The number of hydrogen-bond donors (Lipinski definition) is 0. The molecule has 0 aliphatic carbocycles. The van der Waals surface area contributed by atoms with Gasteiger partial charge in [-0.3, -0.25) is 14.4 Å². The molecule has 0 N–H and O–H groups in total. The molecular weight excluding hydrogens is 757 g/mol. The van der Waals surface area contributed by atoms with Crippen LogP contribution >= 0.6 is 0 Å². The van der Waals surface area contributed by atoms with E-state index in [1.54, 1.807) is 0 Å². The highest BCUT2D eigenvalue weighted by atomic mass is 16.6. The molecule has 6 heteroatoms. The highest BCUT2D eigenvalue weighted by Gasteiger charge is 2.19. The first-order valence-electron chi connectivity index (χ1n) is 26.1. The van der Waals surface area contributed by atoms with Crippen LogP contribution in [0.5, 0.6) is 0 Å². The van der Waals surface area contributed by atoms with E-state index in [0.717, 1.165) is 64.2 Å². The maximum atomic E-state index is 12.8. The number of hydrogen-bond acceptors (Lipinski definition) is 6.